The molecule has 0 aliphatic heterocycles. The first-order valence-corrected chi connectivity index (χ1v) is 6.10. The molecule has 5 N–H and O–H groups in total. The number of rotatable bonds is 2. The minimum atomic E-state index is 0.549. The van der Waals surface area contributed by atoms with E-state index in [1.165, 1.54) is 0 Å². The summed E-state index contributed by atoms with van der Waals surface area (Å²) in [5.41, 5.74) is 14.2. The van der Waals surface area contributed by atoms with Crippen molar-refractivity contribution >= 4 is 50.3 Å². The van der Waals surface area contributed by atoms with E-state index in [1.807, 2.05) is 24.3 Å². The van der Waals surface area contributed by atoms with Gasteiger partial charge < -0.3 is 16.8 Å². The van der Waals surface area contributed by atoms with Crippen LogP contribution in [0.5, 0.6) is 0 Å². The van der Waals surface area contributed by atoms with Crippen molar-refractivity contribution in [3.05, 3.63) is 45.9 Å². The fourth-order valence-electron chi connectivity index (χ4n) is 1.40. The summed E-state index contributed by atoms with van der Waals surface area (Å²) in [5.74, 6) is 0. The van der Waals surface area contributed by atoms with Crippen LogP contribution in [0, 0.1) is 0 Å². The molecule has 2 aromatic rings. The number of halogens is 2. The predicted octanol–water partition coefficient (Wildman–Crippen LogP) is 4.01. The van der Waals surface area contributed by atoms with Crippen molar-refractivity contribution in [1.82, 2.24) is 0 Å². The van der Waals surface area contributed by atoms with Crippen molar-refractivity contribution in [3.63, 3.8) is 0 Å². The molecule has 17 heavy (non-hydrogen) atoms. The standard InChI is InChI=1S/C12H11BrClN3/c13-9-3-1-7(14)5-12(9)17-8-2-4-10(15)11(16)6-8/h1-6,17H,15-16H2. The molecule has 3 nitrogen and oxygen atoms in total. The molecule has 2 rings (SSSR count). The SMILES string of the molecule is Nc1ccc(Nc2cc(Cl)ccc2Br)cc1N. The van der Waals surface area contributed by atoms with Crippen LogP contribution in [0.2, 0.25) is 5.02 Å². The number of hydrogen-bond donors (Lipinski definition) is 3. The van der Waals surface area contributed by atoms with Gasteiger partial charge in [0, 0.05) is 15.2 Å². The van der Waals surface area contributed by atoms with E-state index < -0.39 is 0 Å². The van der Waals surface area contributed by atoms with Crippen molar-refractivity contribution < 1.29 is 0 Å². The highest BCUT2D eigenvalue weighted by atomic mass is 79.9. The quantitative estimate of drug-likeness (QED) is 0.734. The Morgan fingerprint density at radius 2 is 1.76 bits per heavy atom. The fraction of sp³-hybridized carbons (Fsp3) is 0. The van der Waals surface area contributed by atoms with E-state index in [4.69, 9.17) is 23.1 Å². The zero-order valence-corrected chi connectivity index (χ0v) is 11.2. The van der Waals surface area contributed by atoms with Crippen molar-refractivity contribution in [2.75, 3.05) is 16.8 Å². The Balaban J connectivity index is 2.31. The zero-order chi connectivity index (χ0) is 12.4. The summed E-state index contributed by atoms with van der Waals surface area (Å²) in [5, 5.41) is 3.88. The molecule has 0 amide bonds. The molecule has 0 unspecified atom stereocenters. The molecule has 0 fully saturated rings. The third-order valence-electron chi connectivity index (χ3n) is 2.29. The molecule has 0 bridgehead atoms. The first-order valence-electron chi connectivity index (χ1n) is 4.93. The van der Waals surface area contributed by atoms with Crippen LogP contribution in [0.25, 0.3) is 0 Å². The van der Waals surface area contributed by atoms with E-state index in [0.717, 1.165) is 15.8 Å². The summed E-state index contributed by atoms with van der Waals surface area (Å²) in [4.78, 5) is 0. The lowest BCUT2D eigenvalue weighted by Gasteiger charge is -2.10. The maximum atomic E-state index is 5.93. The van der Waals surface area contributed by atoms with Crippen LogP contribution in [-0.4, -0.2) is 0 Å². The van der Waals surface area contributed by atoms with Crippen molar-refractivity contribution in [2.24, 2.45) is 0 Å². The van der Waals surface area contributed by atoms with Crippen LogP contribution < -0.4 is 16.8 Å². The maximum absolute atomic E-state index is 5.93. The Morgan fingerprint density at radius 1 is 1.00 bits per heavy atom. The second-order valence-electron chi connectivity index (χ2n) is 3.59. The number of nitrogen functional groups attached to an aromatic ring is 2. The van der Waals surface area contributed by atoms with Crippen LogP contribution in [0.1, 0.15) is 0 Å². The Bertz CT molecular complexity index is 557. The second-order valence-corrected chi connectivity index (χ2v) is 4.88. The highest BCUT2D eigenvalue weighted by Crippen LogP contribution is 2.30. The summed E-state index contributed by atoms with van der Waals surface area (Å²) in [7, 11) is 0. The number of benzene rings is 2. The van der Waals surface area contributed by atoms with Crippen molar-refractivity contribution in [1.29, 1.82) is 0 Å². The average molecular weight is 313 g/mol. The molecule has 0 aliphatic carbocycles. The summed E-state index contributed by atoms with van der Waals surface area (Å²) >= 11 is 9.38. The zero-order valence-electron chi connectivity index (χ0n) is 8.87. The van der Waals surface area contributed by atoms with Gasteiger partial charge >= 0.3 is 0 Å². The van der Waals surface area contributed by atoms with E-state index in [2.05, 4.69) is 21.2 Å². The molecule has 0 spiro atoms. The lowest BCUT2D eigenvalue weighted by Crippen LogP contribution is -1.97. The van der Waals surface area contributed by atoms with Gasteiger partial charge in [0.15, 0.2) is 0 Å². The Morgan fingerprint density at radius 3 is 2.47 bits per heavy atom. The molecule has 88 valence electrons. The molecule has 2 aromatic carbocycles. The average Bonchev–Trinajstić information content (AvgIpc) is 2.29. The van der Waals surface area contributed by atoms with Gasteiger partial charge in [0.25, 0.3) is 0 Å². The van der Waals surface area contributed by atoms with Crippen LogP contribution in [0.15, 0.2) is 40.9 Å². The van der Waals surface area contributed by atoms with Gasteiger partial charge in [0.1, 0.15) is 0 Å². The van der Waals surface area contributed by atoms with E-state index in [9.17, 15) is 0 Å². The highest BCUT2D eigenvalue weighted by molar-refractivity contribution is 9.10. The Labute approximate surface area is 113 Å². The molecule has 0 aromatic heterocycles. The van der Waals surface area contributed by atoms with Crippen LogP contribution >= 0.6 is 27.5 Å². The monoisotopic (exact) mass is 311 g/mol. The Hall–Kier alpha value is -1.39. The van der Waals surface area contributed by atoms with Crippen LogP contribution in [0.4, 0.5) is 22.7 Å². The third-order valence-corrected chi connectivity index (χ3v) is 3.22. The molecular formula is C12H11BrClN3. The summed E-state index contributed by atoms with van der Waals surface area (Å²) in [6.07, 6.45) is 0. The van der Waals surface area contributed by atoms with Gasteiger partial charge in [-0.2, -0.15) is 0 Å². The van der Waals surface area contributed by atoms with E-state index in [0.29, 0.717) is 16.4 Å². The van der Waals surface area contributed by atoms with E-state index >= 15 is 0 Å². The predicted molar refractivity (Wildman–Crippen MR) is 77.7 cm³/mol. The number of nitrogens with one attached hydrogen (secondary N) is 1. The molecule has 0 radical (unpaired) electrons. The molecule has 0 heterocycles. The topological polar surface area (TPSA) is 64.1 Å². The van der Waals surface area contributed by atoms with Gasteiger partial charge in [0.2, 0.25) is 0 Å². The second kappa shape index (κ2) is 4.85. The maximum Gasteiger partial charge on any atom is 0.0568 e. The van der Waals surface area contributed by atoms with Crippen molar-refractivity contribution in [2.45, 2.75) is 0 Å². The lowest BCUT2D eigenvalue weighted by molar-refractivity contribution is 1.52. The number of anilines is 4. The normalized spacial score (nSPS) is 10.2. The van der Waals surface area contributed by atoms with Crippen LogP contribution in [-0.2, 0) is 0 Å². The largest absolute Gasteiger partial charge is 0.397 e. The summed E-state index contributed by atoms with van der Waals surface area (Å²) < 4.78 is 0.928. The first-order chi connectivity index (χ1) is 8.06. The minimum absolute atomic E-state index is 0.549. The van der Waals surface area contributed by atoms with E-state index in [-0.39, 0.29) is 0 Å². The molecule has 5 heteroatoms. The fourth-order valence-corrected chi connectivity index (χ4v) is 1.92. The van der Waals surface area contributed by atoms with Gasteiger partial charge in [-0.1, -0.05) is 11.6 Å². The van der Waals surface area contributed by atoms with Gasteiger partial charge in [-0.3, -0.25) is 0 Å². The molecule has 0 saturated heterocycles. The Kier molecular flexibility index (Phi) is 3.45. The van der Waals surface area contributed by atoms with Gasteiger partial charge in [-0.05, 0) is 52.3 Å². The molecule has 0 aliphatic rings. The van der Waals surface area contributed by atoms with Gasteiger partial charge in [0.05, 0.1) is 17.1 Å². The highest BCUT2D eigenvalue weighted by Gasteiger charge is 2.02. The third kappa shape index (κ3) is 2.84. The molecule has 0 saturated carbocycles. The number of nitrogens with two attached hydrogens (primary N) is 2. The summed E-state index contributed by atoms with van der Waals surface area (Å²) in [6, 6.07) is 10.9. The summed E-state index contributed by atoms with van der Waals surface area (Å²) in [6.45, 7) is 0. The lowest BCUT2D eigenvalue weighted by atomic mass is 10.2. The first kappa shape index (κ1) is 12.1. The molecule has 0 atom stereocenters. The van der Waals surface area contributed by atoms with Crippen LogP contribution in [0.3, 0.4) is 0 Å². The number of hydrogen-bond acceptors (Lipinski definition) is 3. The van der Waals surface area contributed by atoms with Gasteiger partial charge in [-0.25, -0.2) is 0 Å². The van der Waals surface area contributed by atoms with Gasteiger partial charge in [-0.15, -0.1) is 0 Å². The smallest absolute Gasteiger partial charge is 0.0568 e. The van der Waals surface area contributed by atoms with E-state index in [1.54, 1.807) is 12.1 Å². The molecular weight excluding hydrogens is 302 g/mol. The minimum Gasteiger partial charge on any atom is -0.397 e. The van der Waals surface area contributed by atoms with Crippen molar-refractivity contribution in [3.8, 4) is 0 Å².